The molecule has 1 N–H and O–H groups in total. The first-order valence-corrected chi connectivity index (χ1v) is 5.20. The molecule has 1 aromatic heterocycles. The van der Waals surface area contributed by atoms with Crippen molar-refractivity contribution < 1.29 is 14.6 Å². The van der Waals surface area contributed by atoms with Crippen molar-refractivity contribution >= 4 is 5.97 Å². The zero-order valence-electron chi connectivity index (χ0n) is 9.17. The molecule has 5 heteroatoms. The average molecular weight is 230 g/mol. The molecule has 2 heterocycles. The zero-order chi connectivity index (χ0) is 12.0. The number of imidazole rings is 1. The number of fused-ring (bicyclic) bond motifs is 3. The Morgan fingerprint density at radius 3 is 3.12 bits per heavy atom. The van der Waals surface area contributed by atoms with Crippen molar-refractivity contribution in [3.8, 4) is 11.4 Å². The van der Waals surface area contributed by atoms with Gasteiger partial charge in [0.05, 0.1) is 11.4 Å². The predicted molar refractivity (Wildman–Crippen MR) is 59.6 cm³/mol. The number of carboxylic acid groups (broad SMARTS) is 1. The summed E-state index contributed by atoms with van der Waals surface area (Å²) in [5.41, 5.74) is 2.56. The highest BCUT2D eigenvalue weighted by Gasteiger charge is 2.24. The van der Waals surface area contributed by atoms with Crippen LogP contribution in [0.3, 0.4) is 0 Å². The third kappa shape index (κ3) is 1.39. The molecule has 1 aliphatic rings. The Labute approximate surface area is 97.3 Å². The molecule has 0 saturated carbocycles. The van der Waals surface area contributed by atoms with Crippen LogP contribution in [0.25, 0.3) is 5.69 Å². The minimum Gasteiger partial charge on any atom is -0.485 e. The molecule has 17 heavy (non-hydrogen) atoms. The lowest BCUT2D eigenvalue weighted by Gasteiger charge is -2.20. The van der Waals surface area contributed by atoms with Gasteiger partial charge in [-0.05, 0) is 24.6 Å². The average Bonchev–Trinajstić information content (AvgIpc) is 2.72. The Morgan fingerprint density at radius 1 is 1.53 bits per heavy atom. The van der Waals surface area contributed by atoms with Crippen LogP contribution in [0.15, 0.2) is 24.5 Å². The second kappa shape index (κ2) is 3.35. The number of hydrogen-bond acceptors (Lipinski definition) is 3. The van der Waals surface area contributed by atoms with E-state index in [0.29, 0.717) is 5.69 Å². The molecule has 0 fully saturated rings. The number of carbonyl (C=O) groups is 1. The third-order valence-electron chi connectivity index (χ3n) is 2.81. The Kier molecular flexibility index (Phi) is 1.95. The van der Waals surface area contributed by atoms with E-state index in [-0.39, 0.29) is 12.3 Å². The van der Waals surface area contributed by atoms with Gasteiger partial charge in [-0.2, -0.15) is 0 Å². The van der Waals surface area contributed by atoms with Crippen molar-refractivity contribution in [1.29, 1.82) is 0 Å². The minimum absolute atomic E-state index is 0.0529. The fourth-order valence-electron chi connectivity index (χ4n) is 1.98. The SMILES string of the molecule is Cc1ccc2c(c1)-n1cnc(C(=O)O)c1CO2. The van der Waals surface area contributed by atoms with Gasteiger partial charge >= 0.3 is 5.97 Å². The Balaban J connectivity index is 2.23. The highest BCUT2D eigenvalue weighted by Crippen LogP contribution is 2.31. The summed E-state index contributed by atoms with van der Waals surface area (Å²) in [5.74, 6) is -0.282. The standard InChI is InChI=1S/C12H10N2O3/c1-7-2-3-10-8(4-7)14-6-13-11(12(15)16)9(14)5-17-10/h2-4,6H,5H2,1H3,(H,15,16). The maximum absolute atomic E-state index is 11.0. The summed E-state index contributed by atoms with van der Waals surface area (Å²) in [5, 5.41) is 9.00. The largest absolute Gasteiger partial charge is 0.485 e. The van der Waals surface area contributed by atoms with E-state index in [2.05, 4.69) is 4.98 Å². The zero-order valence-corrected chi connectivity index (χ0v) is 9.17. The van der Waals surface area contributed by atoms with Gasteiger partial charge in [-0.1, -0.05) is 6.07 Å². The van der Waals surface area contributed by atoms with Gasteiger partial charge in [-0.25, -0.2) is 9.78 Å². The van der Waals surface area contributed by atoms with Gasteiger partial charge in [0.25, 0.3) is 0 Å². The number of benzene rings is 1. The van der Waals surface area contributed by atoms with E-state index in [4.69, 9.17) is 9.84 Å². The highest BCUT2D eigenvalue weighted by atomic mass is 16.5. The van der Waals surface area contributed by atoms with E-state index < -0.39 is 5.97 Å². The number of rotatable bonds is 1. The van der Waals surface area contributed by atoms with E-state index >= 15 is 0 Å². The molecule has 1 aliphatic heterocycles. The first-order chi connectivity index (χ1) is 8.16. The molecule has 2 aromatic rings. The quantitative estimate of drug-likeness (QED) is 0.810. The number of ether oxygens (including phenoxy) is 1. The molecule has 0 radical (unpaired) electrons. The predicted octanol–water partition coefficient (Wildman–Crippen LogP) is 1.77. The Bertz CT molecular complexity index is 616. The van der Waals surface area contributed by atoms with Gasteiger partial charge in [0.2, 0.25) is 0 Å². The van der Waals surface area contributed by atoms with E-state index in [1.54, 1.807) is 4.57 Å². The monoisotopic (exact) mass is 230 g/mol. The molecule has 0 spiro atoms. The smallest absolute Gasteiger partial charge is 0.356 e. The summed E-state index contributed by atoms with van der Waals surface area (Å²) in [6.45, 7) is 2.21. The van der Waals surface area contributed by atoms with Crippen LogP contribution in [-0.2, 0) is 6.61 Å². The fourth-order valence-corrected chi connectivity index (χ4v) is 1.98. The molecular formula is C12H10N2O3. The van der Waals surface area contributed by atoms with Crippen LogP contribution in [0.4, 0.5) is 0 Å². The van der Waals surface area contributed by atoms with Crippen molar-refractivity contribution in [3.05, 3.63) is 41.5 Å². The maximum atomic E-state index is 11.0. The number of hydrogen-bond donors (Lipinski definition) is 1. The summed E-state index contributed by atoms with van der Waals surface area (Å²) in [4.78, 5) is 14.9. The maximum Gasteiger partial charge on any atom is 0.356 e. The topological polar surface area (TPSA) is 64.4 Å². The lowest BCUT2D eigenvalue weighted by molar-refractivity contribution is 0.0687. The minimum atomic E-state index is -1.03. The van der Waals surface area contributed by atoms with E-state index in [0.717, 1.165) is 17.0 Å². The number of aromatic nitrogens is 2. The van der Waals surface area contributed by atoms with Gasteiger partial charge in [0.1, 0.15) is 18.7 Å². The molecule has 0 saturated heterocycles. The van der Waals surface area contributed by atoms with E-state index in [9.17, 15) is 4.79 Å². The van der Waals surface area contributed by atoms with Gasteiger partial charge in [0.15, 0.2) is 5.69 Å². The van der Waals surface area contributed by atoms with Crippen LogP contribution in [0.1, 0.15) is 21.7 Å². The summed E-state index contributed by atoms with van der Waals surface area (Å²) in [6, 6.07) is 5.79. The van der Waals surface area contributed by atoms with Crippen LogP contribution >= 0.6 is 0 Å². The summed E-state index contributed by atoms with van der Waals surface area (Å²) >= 11 is 0. The van der Waals surface area contributed by atoms with E-state index in [1.807, 2.05) is 25.1 Å². The number of aryl methyl sites for hydroxylation is 1. The highest BCUT2D eigenvalue weighted by molar-refractivity contribution is 5.87. The second-order valence-corrected chi connectivity index (χ2v) is 3.97. The molecule has 3 rings (SSSR count). The van der Waals surface area contributed by atoms with Crippen molar-refractivity contribution in [1.82, 2.24) is 9.55 Å². The molecule has 0 bridgehead atoms. The van der Waals surface area contributed by atoms with E-state index in [1.165, 1.54) is 6.33 Å². The molecule has 0 atom stereocenters. The van der Waals surface area contributed by atoms with Crippen LogP contribution in [0.2, 0.25) is 0 Å². The molecule has 1 aromatic carbocycles. The molecule has 5 nitrogen and oxygen atoms in total. The van der Waals surface area contributed by atoms with Crippen molar-refractivity contribution in [3.63, 3.8) is 0 Å². The number of carboxylic acids is 1. The summed E-state index contributed by atoms with van der Waals surface area (Å²) in [7, 11) is 0. The summed E-state index contributed by atoms with van der Waals surface area (Å²) in [6.07, 6.45) is 1.53. The van der Waals surface area contributed by atoms with Crippen molar-refractivity contribution in [2.45, 2.75) is 13.5 Å². The van der Waals surface area contributed by atoms with Crippen LogP contribution < -0.4 is 4.74 Å². The van der Waals surface area contributed by atoms with Crippen molar-refractivity contribution in [2.24, 2.45) is 0 Å². The fraction of sp³-hybridized carbons (Fsp3) is 0.167. The van der Waals surface area contributed by atoms with Gasteiger partial charge < -0.3 is 9.84 Å². The van der Waals surface area contributed by atoms with Crippen LogP contribution in [-0.4, -0.2) is 20.6 Å². The van der Waals surface area contributed by atoms with Gasteiger partial charge in [-0.3, -0.25) is 4.57 Å². The molecular weight excluding hydrogens is 220 g/mol. The summed E-state index contributed by atoms with van der Waals surface area (Å²) < 4.78 is 7.30. The van der Waals surface area contributed by atoms with Crippen LogP contribution in [0, 0.1) is 6.92 Å². The lowest BCUT2D eigenvalue weighted by atomic mass is 10.1. The number of aromatic carboxylic acids is 1. The normalized spacial score (nSPS) is 12.5. The molecule has 0 aliphatic carbocycles. The van der Waals surface area contributed by atoms with Crippen LogP contribution in [0.5, 0.6) is 5.75 Å². The lowest BCUT2D eigenvalue weighted by Crippen LogP contribution is -2.15. The third-order valence-corrected chi connectivity index (χ3v) is 2.81. The molecule has 86 valence electrons. The van der Waals surface area contributed by atoms with Crippen molar-refractivity contribution in [2.75, 3.05) is 0 Å². The Hall–Kier alpha value is -2.30. The molecule has 0 amide bonds. The van der Waals surface area contributed by atoms with Gasteiger partial charge in [-0.15, -0.1) is 0 Å². The first-order valence-electron chi connectivity index (χ1n) is 5.20. The second-order valence-electron chi connectivity index (χ2n) is 3.97. The number of nitrogens with zero attached hydrogens (tertiary/aromatic N) is 2. The Morgan fingerprint density at radius 2 is 2.35 bits per heavy atom. The molecule has 0 unspecified atom stereocenters. The first kappa shape index (κ1) is 9.89. The van der Waals surface area contributed by atoms with Gasteiger partial charge in [0, 0.05) is 0 Å².